The van der Waals surface area contributed by atoms with Crippen LogP contribution in [0.3, 0.4) is 0 Å². The molecule has 1 aliphatic rings. The Balaban J connectivity index is 2.08. The molecule has 0 bridgehead atoms. The third kappa shape index (κ3) is 1.74. The van der Waals surface area contributed by atoms with Crippen molar-refractivity contribution in [1.29, 1.82) is 0 Å². The van der Waals surface area contributed by atoms with Gasteiger partial charge in [0.25, 0.3) is 0 Å². The minimum atomic E-state index is 0.506. The van der Waals surface area contributed by atoms with Crippen molar-refractivity contribution >= 4 is 6.01 Å². The van der Waals surface area contributed by atoms with Crippen LogP contribution in [0.25, 0.3) is 0 Å². The molecule has 0 aromatic carbocycles. The lowest BCUT2D eigenvalue weighted by atomic mass is 9.98. The van der Waals surface area contributed by atoms with Gasteiger partial charge in [0.05, 0.1) is 0 Å². The molecule has 2 atom stereocenters. The van der Waals surface area contributed by atoms with Crippen molar-refractivity contribution in [2.24, 2.45) is 5.92 Å². The number of hydrogen-bond donors (Lipinski definition) is 1. The predicted octanol–water partition coefficient (Wildman–Crippen LogP) is 2.41. The number of nitrogens with one attached hydrogen (secondary N) is 1. The highest BCUT2D eigenvalue weighted by Gasteiger charge is 2.28. The number of hydrogen-bond acceptors (Lipinski definition) is 4. The van der Waals surface area contributed by atoms with E-state index in [9.17, 15) is 0 Å². The van der Waals surface area contributed by atoms with E-state index in [1.54, 1.807) is 0 Å². The molecule has 78 valence electrons. The average Bonchev–Trinajstić information content (AvgIpc) is 2.74. The first-order chi connectivity index (χ1) is 6.81. The fourth-order valence-corrected chi connectivity index (χ4v) is 2.14. The summed E-state index contributed by atoms with van der Waals surface area (Å²) < 4.78 is 5.09. The van der Waals surface area contributed by atoms with Crippen molar-refractivity contribution in [3.63, 3.8) is 0 Å². The van der Waals surface area contributed by atoms with Crippen LogP contribution in [0.4, 0.5) is 6.01 Å². The lowest BCUT2D eigenvalue weighted by molar-refractivity contribution is 0.404. The Bertz CT molecular complexity index is 297. The van der Waals surface area contributed by atoms with Crippen LogP contribution in [0.15, 0.2) is 4.52 Å². The summed E-state index contributed by atoms with van der Waals surface area (Å²) in [5.41, 5.74) is 0. The summed E-state index contributed by atoms with van der Waals surface area (Å²) in [5.74, 6) is 2.08. The summed E-state index contributed by atoms with van der Waals surface area (Å²) in [4.78, 5) is 4.34. The summed E-state index contributed by atoms with van der Waals surface area (Å²) in [6.45, 7) is 5.10. The summed E-state index contributed by atoms with van der Waals surface area (Å²) in [7, 11) is 0. The molecular weight excluding hydrogens is 178 g/mol. The lowest BCUT2D eigenvalue weighted by Crippen LogP contribution is -2.04. The highest BCUT2D eigenvalue weighted by atomic mass is 16.5. The number of aromatic nitrogens is 2. The maximum absolute atomic E-state index is 5.09. The second-order valence-corrected chi connectivity index (χ2v) is 4.00. The van der Waals surface area contributed by atoms with E-state index in [0.29, 0.717) is 17.9 Å². The molecule has 1 aromatic heterocycles. The van der Waals surface area contributed by atoms with Gasteiger partial charge < -0.3 is 9.84 Å². The van der Waals surface area contributed by atoms with Crippen LogP contribution in [0.2, 0.25) is 0 Å². The van der Waals surface area contributed by atoms with E-state index in [-0.39, 0.29) is 0 Å². The normalized spacial score (nSPS) is 26.7. The standard InChI is InChI=1S/C10H17N3O/c1-3-11-10-12-9(13-14-10)8-6-4-5-7(8)2/h7-8H,3-6H2,1-2H3,(H,11,12,13). The smallest absolute Gasteiger partial charge is 0.321 e. The Labute approximate surface area is 84.1 Å². The molecule has 2 rings (SSSR count). The van der Waals surface area contributed by atoms with Gasteiger partial charge in [0.15, 0.2) is 5.82 Å². The minimum Gasteiger partial charge on any atom is -0.338 e. The SMILES string of the molecule is CCNc1nc(C2CCCC2C)no1. The topological polar surface area (TPSA) is 51.0 Å². The van der Waals surface area contributed by atoms with Crippen molar-refractivity contribution in [3.8, 4) is 0 Å². The zero-order chi connectivity index (χ0) is 9.97. The molecule has 14 heavy (non-hydrogen) atoms. The monoisotopic (exact) mass is 195 g/mol. The Kier molecular flexibility index (Phi) is 2.70. The van der Waals surface area contributed by atoms with Gasteiger partial charge in [-0.3, -0.25) is 0 Å². The number of rotatable bonds is 3. The molecule has 1 saturated carbocycles. The van der Waals surface area contributed by atoms with Crippen LogP contribution >= 0.6 is 0 Å². The van der Waals surface area contributed by atoms with Crippen molar-refractivity contribution < 1.29 is 4.52 Å². The highest BCUT2D eigenvalue weighted by molar-refractivity contribution is 5.19. The van der Waals surface area contributed by atoms with Crippen molar-refractivity contribution in [3.05, 3.63) is 5.82 Å². The van der Waals surface area contributed by atoms with E-state index in [4.69, 9.17) is 4.52 Å². The van der Waals surface area contributed by atoms with Gasteiger partial charge in [-0.1, -0.05) is 18.5 Å². The molecule has 0 radical (unpaired) electrons. The molecule has 4 heteroatoms. The Hall–Kier alpha value is -1.06. The van der Waals surface area contributed by atoms with Crippen LogP contribution in [-0.2, 0) is 0 Å². The van der Waals surface area contributed by atoms with Gasteiger partial charge in [0, 0.05) is 12.5 Å². The zero-order valence-corrected chi connectivity index (χ0v) is 8.79. The molecule has 1 N–H and O–H groups in total. The summed E-state index contributed by atoms with van der Waals surface area (Å²) in [6, 6.07) is 0.557. The molecule has 0 saturated heterocycles. The van der Waals surface area contributed by atoms with E-state index < -0.39 is 0 Å². The molecule has 1 fully saturated rings. The maximum Gasteiger partial charge on any atom is 0.321 e. The lowest BCUT2D eigenvalue weighted by Gasteiger charge is -2.08. The molecule has 1 aliphatic carbocycles. The molecule has 0 aliphatic heterocycles. The van der Waals surface area contributed by atoms with Crippen LogP contribution in [0.5, 0.6) is 0 Å². The summed E-state index contributed by atoms with van der Waals surface area (Å²) in [5, 5.41) is 7.04. The summed E-state index contributed by atoms with van der Waals surface area (Å²) in [6.07, 6.45) is 3.78. The van der Waals surface area contributed by atoms with Crippen molar-refractivity contribution in [1.82, 2.24) is 10.1 Å². The van der Waals surface area contributed by atoms with E-state index in [1.165, 1.54) is 19.3 Å². The first kappa shape index (κ1) is 9.49. The second kappa shape index (κ2) is 3.98. The molecular formula is C10H17N3O. The van der Waals surface area contributed by atoms with E-state index in [0.717, 1.165) is 12.4 Å². The molecule has 1 heterocycles. The predicted molar refractivity (Wildman–Crippen MR) is 54.2 cm³/mol. The van der Waals surface area contributed by atoms with Gasteiger partial charge in [0.2, 0.25) is 0 Å². The van der Waals surface area contributed by atoms with Gasteiger partial charge >= 0.3 is 6.01 Å². The van der Waals surface area contributed by atoms with E-state index in [2.05, 4.69) is 22.4 Å². The van der Waals surface area contributed by atoms with Crippen molar-refractivity contribution in [2.45, 2.75) is 39.0 Å². The molecule has 2 unspecified atom stereocenters. The van der Waals surface area contributed by atoms with Gasteiger partial charge in [-0.25, -0.2) is 0 Å². The van der Waals surface area contributed by atoms with Crippen LogP contribution in [-0.4, -0.2) is 16.7 Å². The highest BCUT2D eigenvalue weighted by Crippen LogP contribution is 2.37. The van der Waals surface area contributed by atoms with Crippen LogP contribution in [0.1, 0.15) is 44.9 Å². The first-order valence-electron chi connectivity index (χ1n) is 5.38. The third-order valence-electron chi connectivity index (χ3n) is 2.96. The minimum absolute atomic E-state index is 0.506. The number of anilines is 1. The van der Waals surface area contributed by atoms with E-state index in [1.807, 2.05) is 6.92 Å². The number of nitrogens with zero attached hydrogens (tertiary/aromatic N) is 2. The average molecular weight is 195 g/mol. The Morgan fingerprint density at radius 3 is 3.00 bits per heavy atom. The van der Waals surface area contributed by atoms with Crippen molar-refractivity contribution in [2.75, 3.05) is 11.9 Å². The largest absolute Gasteiger partial charge is 0.338 e. The fraction of sp³-hybridized carbons (Fsp3) is 0.800. The van der Waals surface area contributed by atoms with Gasteiger partial charge in [-0.05, 0) is 25.7 Å². The van der Waals surface area contributed by atoms with Gasteiger partial charge in [-0.15, -0.1) is 0 Å². The quantitative estimate of drug-likeness (QED) is 0.804. The third-order valence-corrected chi connectivity index (χ3v) is 2.96. The molecule has 4 nitrogen and oxygen atoms in total. The van der Waals surface area contributed by atoms with E-state index >= 15 is 0 Å². The van der Waals surface area contributed by atoms with Crippen LogP contribution in [0, 0.1) is 5.92 Å². The first-order valence-corrected chi connectivity index (χ1v) is 5.38. The van der Waals surface area contributed by atoms with Gasteiger partial charge in [0.1, 0.15) is 0 Å². The summed E-state index contributed by atoms with van der Waals surface area (Å²) >= 11 is 0. The van der Waals surface area contributed by atoms with Crippen LogP contribution < -0.4 is 5.32 Å². The Morgan fingerprint density at radius 1 is 1.50 bits per heavy atom. The molecule has 1 aromatic rings. The van der Waals surface area contributed by atoms with Gasteiger partial charge in [-0.2, -0.15) is 4.98 Å². The Morgan fingerprint density at radius 2 is 2.36 bits per heavy atom. The second-order valence-electron chi connectivity index (χ2n) is 4.00. The molecule has 0 spiro atoms. The fourth-order valence-electron chi connectivity index (χ4n) is 2.14. The molecule has 0 amide bonds. The maximum atomic E-state index is 5.09. The zero-order valence-electron chi connectivity index (χ0n) is 8.79.